The standard InChI is InChI=1S/C17H14ClN3/c1-11-6-12(2)8-14(7-11)21-15-5-3-4-13(10-19)17(15)20-16(21)9-18/h3-8H,9H2,1-2H3. The zero-order chi connectivity index (χ0) is 15.0. The van der Waals surface area contributed by atoms with E-state index in [1.807, 2.05) is 16.7 Å². The normalized spacial score (nSPS) is 10.8. The number of aromatic nitrogens is 2. The van der Waals surface area contributed by atoms with Crippen LogP contribution in [0.5, 0.6) is 0 Å². The van der Waals surface area contributed by atoms with Crippen LogP contribution in [0.1, 0.15) is 22.5 Å². The van der Waals surface area contributed by atoms with Crippen LogP contribution in [0.3, 0.4) is 0 Å². The first-order chi connectivity index (χ1) is 10.1. The lowest BCUT2D eigenvalue weighted by Crippen LogP contribution is -2.00. The van der Waals surface area contributed by atoms with E-state index < -0.39 is 0 Å². The van der Waals surface area contributed by atoms with E-state index >= 15 is 0 Å². The molecule has 2 aromatic carbocycles. The van der Waals surface area contributed by atoms with Gasteiger partial charge in [-0.15, -0.1) is 11.6 Å². The van der Waals surface area contributed by atoms with Crippen LogP contribution in [0.15, 0.2) is 36.4 Å². The summed E-state index contributed by atoms with van der Waals surface area (Å²) >= 11 is 6.06. The molecule has 0 saturated heterocycles. The van der Waals surface area contributed by atoms with Crippen LogP contribution >= 0.6 is 11.6 Å². The van der Waals surface area contributed by atoms with Crippen LogP contribution in [0.4, 0.5) is 0 Å². The Morgan fingerprint density at radius 1 is 1.19 bits per heavy atom. The average molecular weight is 296 g/mol. The summed E-state index contributed by atoms with van der Waals surface area (Å²) in [4.78, 5) is 4.55. The zero-order valence-electron chi connectivity index (χ0n) is 11.9. The first-order valence-corrected chi connectivity index (χ1v) is 7.22. The third-order valence-corrected chi connectivity index (χ3v) is 3.70. The van der Waals surface area contributed by atoms with Crippen molar-refractivity contribution in [3.8, 4) is 11.8 Å². The Labute approximate surface area is 128 Å². The number of nitriles is 1. The molecule has 0 saturated carbocycles. The number of imidazole rings is 1. The van der Waals surface area contributed by atoms with Crippen molar-refractivity contribution in [1.29, 1.82) is 5.26 Å². The van der Waals surface area contributed by atoms with Gasteiger partial charge < -0.3 is 0 Å². The van der Waals surface area contributed by atoms with Gasteiger partial charge in [0.25, 0.3) is 0 Å². The molecular formula is C17H14ClN3. The number of alkyl halides is 1. The smallest absolute Gasteiger partial charge is 0.129 e. The van der Waals surface area contributed by atoms with E-state index in [1.54, 1.807) is 6.07 Å². The third kappa shape index (κ3) is 2.28. The van der Waals surface area contributed by atoms with Gasteiger partial charge in [-0.25, -0.2) is 4.98 Å². The Balaban J connectivity index is 2.38. The molecule has 0 bridgehead atoms. The van der Waals surface area contributed by atoms with Crippen molar-refractivity contribution in [2.24, 2.45) is 0 Å². The highest BCUT2D eigenvalue weighted by Crippen LogP contribution is 2.26. The van der Waals surface area contributed by atoms with Gasteiger partial charge in [-0.1, -0.05) is 12.1 Å². The summed E-state index contributed by atoms with van der Waals surface area (Å²) in [7, 11) is 0. The molecule has 3 nitrogen and oxygen atoms in total. The van der Waals surface area contributed by atoms with Crippen LogP contribution in [0.25, 0.3) is 16.7 Å². The quantitative estimate of drug-likeness (QED) is 0.663. The van der Waals surface area contributed by atoms with Gasteiger partial charge in [-0.05, 0) is 49.2 Å². The SMILES string of the molecule is Cc1cc(C)cc(-n2c(CCl)nc3c(C#N)cccc32)c1. The van der Waals surface area contributed by atoms with E-state index in [-0.39, 0.29) is 0 Å². The number of rotatable bonds is 2. The van der Waals surface area contributed by atoms with Gasteiger partial charge >= 0.3 is 0 Å². The van der Waals surface area contributed by atoms with Crippen LogP contribution in [0.2, 0.25) is 0 Å². The second-order valence-corrected chi connectivity index (χ2v) is 5.40. The van der Waals surface area contributed by atoms with E-state index in [9.17, 15) is 5.26 Å². The van der Waals surface area contributed by atoms with Crippen molar-refractivity contribution in [3.63, 3.8) is 0 Å². The monoisotopic (exact) mass is 295 g/mol. The fourth-order valence-electron chi connectivity index (χ4n) is 2.70. The Kier molecular flexibility index (Phi) is 3.40. The van der Waals surface area contributed by atoms with Crippen LogP contribution in [-0.2, 0) is 5.88 Å². The number of nitrogens with zero attached hydrogens (tertiary/aromatic N) is 3. The maximum Gasteiger partial charge on any atom is 0.129 e. The molecule has 0 radical (unpaired) electrons. The van der Waals surface area contributed by atoms with Gasteiger partial charge in [0, 0.05) is 5.69 Å². The van der Waals surface area contributed by atoms with Crippen LogP contribution in [-0.4, -0.2) is 9.55 Å². The summed E-state index contributed by atoms with van der Waals surface area (Å²) in [5.41, 5.74) is 5.58. The molecular weight excluding hydrogens is 282 g/mol. The number of aryl methyl sites for hydroxylation is 2. The highest BCUT2D eigenvalue weighted by Gasteiger charge is 2.14. The third-order valence-electron chi connectivity index (χ3n) is 3.46. The van der Waals surface area contributed by atoms with E-state index in [1.165, 1.54) is 11.1 Å². The first-order valence-electron chi connectivity index (χ1n) is 6.69. The fourth-order valence-corrected chi connectivity index (χ4v) is 2.87. The Hall–Kier alpha value is -2.31. The lowest BCUT2D eigenvalue weighted by molar-refractivity contribution is 0.978. The number of benzene rings is 2. The zero-order valence-corrected chi connectivity index (χ0v) is 12.6. The molecule has 0 unspecified atom stereocenters. The summed E-state index contributed by atoms with van der Waals surface area (Å²) < 4.78 is 2.03. The van der Waals surface area contributed by atoms with Crippen molar-refractivity contribution < 1.29 is 0 Å². The topological polar surface area (TPSA) is 41.6 Å². The Bertz CT molecular complexity index is 851. The number of hydrogen-bond acceptors (Lipinski definition) is 2. The average Bonchev–Trinajstić information content (AvgIpc) is 2.84. The summed E-state index contributed by atoms with van der Waals surface area (Å²) in [5, 5.41) is 9.24. The number of fused-ring (bicyclic) bond motifs is 1. The minimum Gasteiger partial charge on any atom is -0.295 e. The second kappa shape index (κ2) is 5.23. The van der Waals surface area contributed by atoms with Crippen molar-refractivity contribution in [3.05, 3.63) is 58.9 Å². The predicted molar refractivity (Wildman–Crippen MR) is 84.8 cm³/mol. The second-order valence-electron chi connectivity index (χ2n) is 5.13. The fraction of sp³-hybridized carbons (Fsp3) is 0.176. The Morgan fingerprint density at radius 2 is 1.90 bits per heavy atom. The van der Waals surface area contributed by atoms with Crippen molar-refractivity contribution >= 4 is 22.6 Å². The molecule has 4 heteroatoms. The molecule has 21 heavy (non-hydrogen) atoms. The van der Waals surface area contributed by atoms with E-state index in [0.29, 0.717) is 17.0 Å². The summed E-state index contributed by atoms with van der Waals surface area (Å²) in [5.74, 6) is 1.05. The van der Waals surface area contributed by atoms with E-state index in [2.05, 4.69) is 43.1 Å². The molecule has 0 N–H and O–H groups in total. The highest BCUT2D eigenvalue weighted by molar-refractivity contribution is 6.17. The molecule has 1 aromatic heterocycles. The summed E-state index contributed by atoms with van der Waals surface area (Å²) in [6, 6.07) is 14.1. The minimum atomic E-state index is 0.298. The Morgan fingerprint density at radius 3 is 2.52 bits per heavy atom. The number of halogens is 1. The molecule has 1 heterocycles. The van der Waals surface area contributed by atoms with Gasteiger partial charge in [0.2, 0.25) is 0 Å². The van der Waals surface area contributed by atoms with Crippen LogP contribution in [0, 0.1) is 25.2 Å². The molecule has 3 rings (SSSR count). The van der Waals surface area contributed by atoms with Crippen molar-refractivity contribution in [2.45, 2.75) is 19.7 Å². The molecule has 0 spiro atoms. The molecule has 0 aliphatic rings. The molecule has 0 atom stereocenters. The minimum absolute atomic E-state index is 0.298. The first kappa shape index (κ1) is 13.7. The number of para-hydroxylation sites is 1. The van der Waals surface area contributed by atoms with Gasteiger partial charge in [-0.2, -0.15) is 5.26 Å². The predicted octanol–water partition coefficient (Wildman–Crippen LogP) is 4.25. The molecule has 104 valence electrons. The van der Waals surface area contributed by atoms with Gasteiger partial charge in [0.15, 0.2) is 0 Å². The summed E-state index contributed by atoms with van der Waals surface area (Å²) in [6.07, 6.45) is 0. The van der Waals surface area contributed by atoms with Gasteiger partial charge in [0.05, 0.1) is 17.0 Å². The largest absolute Gasteiger partial charge is 0.295 e. The van der Waals surface area contributed by atoms with Gasteiger partial charge in [0.1, 0.15) is 17.4 Å². The lowest BCUT2D eigenvalue weighted by atomic mass is 10.1. The molecule has 0 aliphatic heterocycles. The van der Waals surface area contributed by atoms with E-state index in [4.69, 9.17) is 11.6 Å². The van der Waals surface area contributed by atoms with Crippen molar-refractivity contribution in [1.82, 2.24) is 9.55 Å². The molecule has 0 aliphatic carbocycles. The molecule has 0 fully saturated rings. The van der Waals surface area contributed by atoms with Crippen molar-refractivity contribution in [2.75, 3.05) is 0 Å². The highest BCUT2D eigenvalue weighted by atomic mass is 35.5. The number of hydrogen-bond donors (Lipinski definition) is 0. The maximum atomic E-state index is 9.24. The summed E-state index contributed by atoms with van der Waals surface area (Å²) in [6.45, 7) is 4.13. The van der Waals surface area contributed by atoms with Gasteiger partial charge in [-0.3, -0.25) is 4.57 Å². The maximum absolute atomic E-state index is 9.24. The van der Waals surface area contributed by atoms with Crippen LogP contribution < -0.4 is 0 Å². The molecule has 3 aromatic rings. The lowest BCUT2D eigenvalue weighted by Gasteiger charge is -2.10. The van der Waals surface area contributed by atoms with E-state index in [0.717, 1.165) is 17.0 Å². The molecule has 0 amide bonds.